The number of rotatable bonds is 7. The van der Waals surface area contributed by atoms with Crippen LogP contribution in [-0.4, -0.2) is 35.6 Å². The molecule has 0 atom stereocenters. The quantitative estimate of drug-likeness (QED) is 0.335. The standard InChI is InChI=1S/C15H28N4.HI/c1-5-7-8-11-17-15(16-6-2)19(4)13-14-10-9-12-18(14)3;/h9-10,12H,5-8,11,13H2,1-4H3,(H,16,17);1H. The first-order valence-corrected chi connectivity index (χ1v) is 7.28. The van der Waals surface area contributed by atoms with Crippen LogP contribution in [0.3, 0.4) is 0 Å². The van der Waals surface area contributed by atoms with Gasteiger partial charge in [-0.2, -0.15) is 0 Å². The molecule has 20 heavy (non-hydrogen) atoms. The van der Waals surface area contributed by atoms with E-state index < -0.39 is 0 Å². The second-order valence-corrected chi connectivity index (χ2v) is 4.91. The van der Waals surface area contributed by atoms with Gasteiger partial charge in [-0.1, -0.05) is 19.8 Å². The highest BCUT2D eigenvalue weighted by Gasteiger charge is 2.07. The van der Waals surface area contributed by atoms with Crippen LogP contribution in [0.25, 0.3) is 0 Å². The van der Waals surface area contributed by atoms with Crippen LogP contribution >= 0.6 is 24.0 Å². The Labute approximate surface area is 140 Å². The van der Waals surface area contributed by atoms with Gasteiger partial charge in [0.2, 0.25) is 0 Å². The summed E-state index contributed by atoms with van der Waals surface area (Å²) in [5.41, 5.74) is 1.29. The molecule has 1 aromatic heterocycles. The number of halogens is 1. The maximum absolute atomic E-state index is 4.68. The summed E-state index contributed by atoms with van der Waals surface area (Å²) < 4.78 is 2.15. The molecular formula is C15H29IN4. The van der Waals surface area contributed by atoms with Gasteiger partial charge in [0.15, 0.2) is 5.96 Å². The highest BCUT2D eigenvalue weighted by atomic mass is 127. The van der Waals surface area contributed by atoms with Crippen LogP contribution in [0.4, 0.5) is 0 Å². The number of nitrogens with one attached hydrogen (secondary N) is 1. The highest BCUT2D eigenvalue weighted by molar-refractivity contribution is 14.0. The fourth-order valence-electron chi connectivity index (χ4n) is 2.00. The number of unbranched alkanes of at least 4 members (excludes halogenated alkanes) is 2. The molecule has 0 aromatic carbocycles. The third-order valence-electron chi connectivity index (χ3n) is 3.17. The molecule has 1 aromatic rings. The summed E-state index contributed by atoms with van der Waals surface area (Å²) in [6, 6.07) is 4.23. The van der Waals surface area contributed by atoms with Gasteiger partial charge in [0.25, 0.3) is 0 Å². The average molecular weight is 392 g/mol. The lowest BCUT2D eigenvalue weighted by Gasteiger charge is -2.22. The number of aryl methyl sites for hydroxylation is 1. The van der Waals surface area contributed by atoms with Crippen molar-refractivity contribution in [3.63, 3.8) is 0 Å². The lowest BCUT2D eigenvalue weighted by atomic mass is 10.2. The normalized spacial score (nSPS) is 11.1. The maximum Gasteiger partial charge on any atom is 0.194 e. The minimum Gasteiger partial charge on any atom is -0.357 e. The fraction of sp³-hybridized carbons (Fsp3) is 0.667. The molecule has 0 amide bonds. The maximum atomic E-state index is 4.68. The minimum absolute atomic E-state index is 0. The van der Waals surface area contributed by atoms with E-state index in [1.165, 1.54) is 25.0 Å². The van der Waals surface area contributed by atoms with Gasteiger partial charge in [-0.25, -0.2) is 0 Å². The lowest BCUT2D eigenvalue weighted by Crippen LogP contribution is -2.38. The first-order valence-electron chi connectivity index (χ1n) is 7.28. The molecule has 0 saturated carbocycles. The summed E-state index contributed by atoms with van der Waals surface area (Å²) in [5.74, 6) is 1.000. The van der Waals surface area contributed by atoms with Gasteiger partial charge in [0, 0.05) is 39.1 Å². The Morgan fingerprint density at radius 1 is 1.35 bits per heavy atom. The molecule has 0 radical (unpaired) electrons. The van der Waals surface area contributed by atoms with E-state index in [1.54, 1.807) is 0 Å². The first kappa shape index (κ1) is 19.3. The van der Waals surface area contributed by atoms with Crippen LogP contribution in [0.2, 0.25) is 0 Å². The van der Waals surface area contributed by atoms with Crippen molar-refractivity contribution < 1.29 is 0 Å². The summed E-state index contributed by atoms with van der Waals surface area (Å²) in [5, 5.41) is 3.36. The predicted molar refractivity (Wildman–Crippen MR) is 97.8 cm³/mol. The molecule has 1 N–H and O–H groups in total. The minimum atomic E-state index is 0. The molecule has 0 aliphatic heterocycles. The first-order chi connectivity index (χ1) is 9.19. The molecule has 1 heterocycles. The molecule has 5 heteroatoms. The zero-order chi connectivity index (χ0) is 14.1. The molecule has 116 valence electrons. The van der Waals surface area contributed by atoms with Crippen molar-refractivity contribution in [1.82, 2.24) is 14.8 Å². The van der Waals surface area contributed by atoms with Crippen LogP contribution < -0.4 is 5.32 Å². The lowest BCUT2D eigenvalue weighted by molar-refractivity contribution is 0.461. The Morgan fingerprint density at radius 3 is 2.65 bits per heavy atom. The summed E-state index contributed by atoms with van der Waals surface area (Å²) in [6.07, 6.45) is 5.74. The van der Waals surface area contributed by atoms with Crippen LogP contribution in [0.15, 0.2) is 23.3 Å². The molecule has 1 rings (SSSR count). The third kappa shape index (κ3) is 6.63. The van der Waals surface area contributed by atoms with E-state index in [2.05, 4.69) is 66.0 Å². The highest BCUT2D eigenvalue weighted by Crippen LogP contribution is 2.04. The number of nitrogens with zero attached hydrogens (tertiary/aromatic N) is 3. The van der Waals surface area contributed by atoms with Crippen molar-refractivity contribution in [2.24, 2.45) is 12.0 Å². The summed E-state index contributed by atoms with van der Waals surface area (Å²) in [7, 11) is 4.17. The topological polar surface area (TPSA) is 32.6 Å². The van der Waals surface area contributed by atoms with Crippen molar-refractivity contribution in [2.45, 2.75) is 39.7 Å². The van der Waals surface area contributed by atoms with Crippen molar-refractivity contribution in [3.05, 3.63) is 24.0 Å². The van der Waals surface area contributed by atoms with Crippen molar-refractivity contribution in [1.29, 1.82) is 0 Å². The van der Waals surface area contributed by atoms with Gasteiger partial charge in [-0.3, -0.25) is 4.99 Å². The predicted octanol–water partition coefficient (Wildman–Crippen LogP) is 3.23. The SMILES string of the molecule is CCCCCN=C(NCC)N(C)Cc1cccn1C.I. The fourth-order valence-corrected chi connectivity index (χ4v) is 2.00. The summed E-state index contributed by atoms with van der Waals surface area (Å²) in [4.78, 5) is 6.87. The van der Waals surface area contributed by atoms with Crippen molar-refractivity contribution in [2.75, 3.05) is 20.1 Å². The van der Waals surface area contributed by atoms with Crippen molar-refractivity contribution >= 4 is 29.9 Å². The van der Waals surface area contributed by atoms with Gasteiger partial charge in [0.05, 0.1) is 6.54 Å². The van der Waals surface area contributed by atoms with Crippen LogP contribution in [0.1, 0.15) is 38.8 Å². The molecule has 0 fully saturated rings. The van der Waals surface area contributed by atoms with E-state index in [0.717, 1.165) is 25.6 Å². The van der Waals surface area contributed by atoms with Gasteiger partial charge in [0.1, 0.15) is 0 Å². The molecule has 0 aliphatic rings. The number of hydrogen-bond donors (Lipinski definition) is 1. The Hall–Kier alpha value is -0.720. The third-order valence-corrected chi connectivity index (χ3v) is 3.17. The Morgan fingerprint density at radius 2 is 2.10 bits per heavy atom. The number of aromatic nitrogens is 1. The Bertz CT molecular complexity index is 387. The van der Waals surface area contributed by atoms with E-state index >= 15 is 0 Å². The molecule has 0 bridgehead atoms. The molecular weight excluding hydrogens is 363 g/mol. The van der Waals surface area contributed by atoms with E-state index in [4.69, 9.17) is 0 Å². The van der Waals surface area contributed by atoms with Crippen LogP contribution in [0.5, 0.6) is 0 Å². The number of hydrogen-bond acceptors (Lipinski definition) is 1. The van der Waals surface area contributed by atoms with Gasteiger partial charge >= 0.3 is 0 Å². The van der Waals surface area contributed by atoms with Gasteiger partial charge in [-0.15, -0.1) is 24.0 Å². The summed E-state index contributed by atoms with van der Waals surface area (Å²) >= 11 is 0. The zero-order valence-corrected chi connectivity index (χ0v) is 15.6. The number of guanidine groups is 1. The molecule has 0 saturated heterocycles. The summed E-state index contributed by atoms with van der Waals surface area (Å²) in [6.45, 7) is 7.02. The second-order valence-electron chi connectivity index (χ2n) is 4.91. The smallest absolute Gasteiger partial charge is 0.194 e. The van der Waals surface area contributed by atoms with E-state index in [0.29, 0.717) is 0 Å². The Kier molecular flexibility index (Phi) is 10.6. The van der Waals surface area contributed by atoms with Crippen LogP contribution in [-0.2, 0) is 13.6 Å². The number of aliphatic imine (C=N–C) groups is 1. The van der Waals surface area contributed by atoms with Crippen molar-refractivity contribution in [3.8, 4) is 0 Å². The average Bonchev–Trinajstić information content (AvgIpc) is 2.79. The van der Waals surface area contributed by atoms with E-state index in [9.17, 15) is 0 Å². The van der Waals surface area contributed by atoms with Gasteiger partial charge in [-0.05, 0) is 25.5 Å². The second kappa shape index (κ2) is 11.0. The molecule has 0 aliphatic carbocycles. The van der Waals surface area contributed by atoms with E-state index in [1.807, 2.05) is 0 Å². The Balaban J connectivity index is 0.00000361. The van der Waals surface area contributed by atoms with Gasteiger partial charge < -0.3 is 14.8 Å². The monoisotopic (exact) mass is 392 g/mol. The molecule has 0 spiro atoms. The molecule has 0 unspecified atom stereocenters. The van der Waals surface area contributed by atoms with E-state index in [-0.39, 0.29) is 24.0 Å². The van der Waals surface area contributed by atoms with Crippen LogP contribution in [0, 0.1) is 0 Å². The largest absolute Gasteiger partial charge is 0.357 e. The molecule has 4 nitrogen and oxygen atoms in total. The zero-order valence-electron chi connectivity index (χ0n) is 13.2.